The summed E-state index contributed by atoms with van der Waals surface area (Å²) in [6.07, 6.45) is 0.783. The molecule has 0 spiro atoms. The summed E-state index contributed by atoms with van der Waals surface area (Å²) in [4.78, 5) is 47.4. The first-order chi connectivity index (χ1) is 13.5. The number of para-hydroxylation sites is 2. The largest absolute Gasteiger partial charge is 0.456 e. The van der Waals surface area contributed by atoms with Crippen LogP contribution in [-0.4, -0.2) is 46.6 Å². The molecule has 2 amide bonds. The minimum absolute atomic E-state index is 0.0381. The molecule has 0 unspecified atom stereocenters. The van der Waals surface area contributed by atoms with E-state index in [4.69, 9.17) is 4.74 Å². The first-order valence-corrected chi connectivity index (χ1v) is 9.35. The first kappa shape index (κ1) is 21.2. The van der Waals surface area contributed by atoms with Gasteiger partial charge in [0, 0.05) is 19.6 Å². The summed E-state index contributed by atoms with van der Waals surface area (Å²) in [5.41, 5.74) is 1.41. The molecular weight excluding hydrogens is 364 g/mol. The van der Waals surface area contributed by atoms with Crippen LogP contribution in [0.25, 0.3) is 11.0 Å². The number of esters is 1. The number of ether oxygens (including phenoxy) is 1. The number of rotatable bonds is 10. The fourth-order valence-electron chi connectivity index (χ4n) is 2.84. The van der Waals surface area contributed by atoms with Crippen molar-refractivity contribution < 1.29 is 19.1 Å². The van der Waals surface area contributed by atoms with Crippen LogP contribution in [0.2, 0.25) is 0 Å². The van der Waals surface area contributed by atoms with Gasteiger partial charge in [-0.2, -0.15) is 0 Å². The number of fused-ring (bicyclic) bond motifs is 1. The molecule has 2 N–H and O–H groups in total. The highest BCUT2D eigenvalue weighted by Crippen LogP contribution is 2.13. The molecule has 0 saturated heterocycles. The lowest BCUT2D eigenvalue weighted by Gasteiger charge is -2.07. The van der Waals surface area contributed by atoms with Crippen molar-refractivity contribution in [1.29, 1.82) is 0 Å². The van der Waals surface area contributed by atoms with Gasteiger partial charge in [-0.15, -0.1) is 0 Å². The number of hydrogen-bond donors (Lipinski definition) is 2. The molecule has 28 heavy (non-hydrogen) atoms. The Hall–Kier alpha value is -3.10. The second kappa shape index (κ2) is 10.3. The van der Waals surface area contributed by atoms with Gasteiger partial charge in [-0.25, -0.2) is 4.79 Å². The van der Waals surface area contributed by atoms with Crippen molar-refractivity contribution in [2.24, 2.45) is 0 Å². The van der Waals surface area contributed by atoms with E-state index < -0.39 is 18.5 Å². The molecule has 1 heterocycles. The number of nitrogens with zero attached hydrogens (tertiary/aromatic N) is 2. The molecule has 9 nitrogen and oxygen atoms in total. The van der Waals surface area contributed by atoms with Crippen molar-refractivity contribution in [2.45, 2.75) is 39.8 Å². The number of amides is 2. The van der Waals surface area contributed by atoms with Crippen LogP contribution in [0, 0.1) is 0 Å². The zero-order valence-corrected chi connectivity index (χ0v) is 16.2. The highest BCUT2D eigenvalue weighted by atomic mass is 16.5. The Morgan fingerprint density at radius 1 is 0.964 bits per heavy atom. The van der Waals surface area contributed by atoms with Crippen molar-refractivity contribution in [3.8, 4) is 0 Å². The third-order valence-electron chi connectivity index (χ3n) is 4.10. The van der Waals surface area contributed by atoms with Gasteiger partial charge in [0.1, 0.15) is 0 Å². The molecule has 0 aliphatic heterocycles. The molecule has 1 aromatic heterocycles. The van der Waals surface area contributed by atoms with E-state index in [1.807, 2.05) is 31.2 Å². The number of carbonyl (C=O) groups is 3. The highest BCUT2D eigenvalue weighted by molar-refractivity contribution is 5.86. The number of aryl methyl sites for hydroxylation is 2. The molecule has 152 valence electrons. The van der Waals surface area contributed by atoms with Crippen molar-refractivity contribution >= 4 is 28.8 Å². The van der Waals surface area contributed by atoms with Crippen LogP contribution in [0.15, 0.2) is 29.1 Å². The Morgan fingerprint density at radius 2 is 1.61 bits per heavy atom. The molecule has 0 aliphatic carbocycles. The van der Waals surface area contributed by atoms with E-state index in [2.05, 4.69) is 10.6 Å². The lowest BCUT2D eigenvalue weighted by Crippen LogP contribution is -2.38. The molecule has 0 fully saturated rings. The van der Waals surface area contributed by atoms with Crippen LogP contribution in [0.5, 0.6) is 0 Å². The molecule has 1 aromatic carbocycles. The fraction of sp³-hybridized carbons (Fsp3) is 0.474. The van der Waals surface area contributed by atoms with Gasteiger partial charge in [-0.05, 0) is 25.5 Å². The smallest absolute Gasteiger partial charge is 0.329 e. The van der Waals surface area contributed by atoms with Crippen molar-refractivity contribution in [1.82, 2.24) is 19.8 Å². The van der Waals surface area contributed by atoms with Gasteiger partial charge in [0.15, 0.2) is 6.61 Å². The minimum Gasteiger partial charge on any atom is -0.456 e. The maximum atomic E-state index is 12.6. The summed E-state index contributed by atoms with van der Waals surface area (Å²) in [6.45, 7) is 4.36. The average Bonchev–Trinajstić information content (AvgIpc) is 2.95. The molecule has 2 rings (SSSR count). The molecule has 0 atom stereocenters. The summed E-state index contributed by atoms with van der Waals surface area (Å²) in [5, 5.41) is 4.90. The Morgan fingerprint density at radius 3 is 2.21 bits per heavy atom. The molecule has 0 saturated carbocycles. The third kappa shape index (κ3) is 5.45. The van der Waals surface area contributed by atoms with Crippen LogP contribution in [0.1, 0.15) is 26.7 Å². The molecular formula is C19H26N4O5. The molecule has 0 aliphatic rings. The van der Waals surface area contributed by atoms with Crippen LogP contribution in [0.4, 0.5) is 0 Å². The Balaban J connectivity index is 1.89. The fourth-order valence-corrected chi connectivity index (χ4v) is 2.84. The second-order valence-electron chi connectivity index (χ2n) is 6.22. The van der Waals surface area contributed by atoms with E-state index in [9.17, 15) is 19.2 Å². The van der Waals surface area contributed by atoms with Gasteiger partial charge in [0.25, 0.3) is 5.91 Å². The van der Waals surface area contributed by atoms with E-state index in [1.54, 1.807) is 16.1 Å². The van der Waals surface area contributed by atoms with Crippen LogP contribution < -0.4 is 16.3 Å². The summed E-state index contributed by atoms with van der Waals surface area (Å²) >= 11 is 0. The van der Waals surface area contributed by atoms with E-state index in [0.29, 0.717) is 13.1 Å². The van der Waals surface area contributed by atoms with E-state index in [0.717, 1.165) is 17.5 Å². The van der Waals surface area contributed by atoms with E-state index >= 15 is 0 Å². The maximum absolute atomic E-state index is 12.6. The number of carbonyl (C=O) groups excluding carboxylic acids is 3. The number of likely N-dealkylation sites (N-methyl/N-ethyl adjacent to an activating group) is 1. The minimum atomic E-state index is -0.590. The zero-order chi connectivity index (χ0) is 20.5. The summed E-state index contributed by atoms with van der Waals surface area (Å²) in [7, 11) is 0. The summed E-state index contributed by atoms with van der Waals surface area (Å²) in [6, 6.07) is 7.42. The summed E-state index contributed by atoms with van der Waals surface area (Å²) < 4.78 is 8.15. The van der Waals surface area contributed by atoms with Gasteiger partial charge in [0.2, 0.25) is 5.91 Å². The molecule has 0 radical (unpaired) electrons. The predicted molar refractivity (Wildman–Crippen MR) is 104 cm³/mol. The van der Waals surface area contributed by atoms with Gasteiger partial charge < -0.3 is 15.4 Å². The van der Waals surface area contributed by atoms with Crippen molar-refractivity contribution in [3.05, 3.63) is 34.7 Å². The third-order valence-corrected chi connectivity index (χ3v) is 4.10. The quantitative estimate of drug-likeness (QED) is 0.571. The highest BCUT2D eigenvalue weighted by Gasteiger charge is 2.14. The normalized spacial score (nSPS) is 10.6. The number of benzene rings is 1. The number of nitrogens with one attached hydrogen (secondary N) is 2. The maximum Gasteiger partial charge on any atom is 0.329 e. The lowest BCUT2D eigenvalue weighted by atomic mass is 10.3. The molecule has 0 bridgehead atoms. The average molecular weight is 390 g/mol. The van der Waals surface area contributed by atoms with Gasteiger partial charge in [-0.3, -0.25) is 23.5 Å². The molecule has 2 aromatic rings. The lowest BCUT2D eigenvalue weighted by molar-refractivity contribution is -0.148. The Kier molecular flexibility index (Phi) is 7.79. The predicted octanol–water partition coefficient (Wildman–Crippen LogP) is 0.399. The topological polar surface area (TPSA) is 111 Å². The van der Waals surface area contributed by atoms with Crippen LogP contribution in [-0.2, 0) is 32.2 Å². The SMILES string of the molecule is CCCn1c(=O)n(CCC(=O)OCC(=O)NCC(=O)NCC)c2ccccc21. The first-order valence-electron chi connectivity index (χ1n) is 9.35. The van der Waals surface area contributed by atoms with Crippen molar-refractivity contribution in [2.75, 3.05) is 19.7 Å². The summed E-state index contributed by atoms with van der Waals surface area (Å²) in [5.74, 6) is -1.46. The number of aromatic nitrogens is 2. The monoisotopic (exact) mass is 390 g/mol. The Bertz CT molecular complexity index is 899. The van der Waals surface area contributed by atoms with E-state index in [-0.39, 0.29) is 31.1 Å². The standard InChI is InChI=1S/C19H26N4O5/c1-3-10-22-14-7-5-6-8-15(14)23(19(22)27)11-9-18(26)28-13-17(25)21-12-16(24)20-4-2/h5-8H,3-4,9-13H2,1-2H3,(H,20,24)(H,21,25). The van der Waals surface area contributed by atoms with Gasteiger partial charge in [0.05, 0.1) is 24.0 Å². The van der Waals surface area contributed by atoms with Crippen LogP contribution >= 0.6 is 0 Å². The van der Waals surface area contributed by atoms with E-state index in [1.165, 1.54) is 0 Å². The molecule has 9 heteroatoms. The van der Waals surface area contributed by atoms with Gasteiger partial charge >= 0.3 is 11.7 Å². The number of imidazole rings is 1. The van der Waals surface area contributed by atoms with Gasteiger partial charge in [-0.1, -0.05) is 19.1 Å². The Labute approximate surface area is 162 Å². The van der Waals surface area contributed by atoms with Crippen molar-refractivity contribution in [3.63, 3.8) is 0 Å². The van der Waals surface area contributed by atoms with Crippen LogP contribution in [0.3, 0.4) is 0 Å². The zero-order valence-electron chi connectivity index (χ0n) is 16.2. The second-order valence-corrected chi connectivity index (χ2v) is 6.22. The number of hydrogen-bond acceptors (Lipinski definition) is 5.